The molecular weight excluding hydrogens is 409 g/mol. The predicted molar refractivity (Wildman–Crippen MR) is 111 cm³/mol. The minimum absolute atomic E-state index is 0.0631. The lowest BCUT2D eigenvalue weighted by atomic mass is 9.96. The van der Waals surface area contributed by atoms with Crippen LogP contribution in [0.1, 0.15) is 37.7 Å². The minimum Gasteiger partial charge on any atom is -0.377 e. The highest BCUT2D eigenvalue weighted by Crippen LogP contribution is 2.36. The summed E-state index contributed by atoms with van der Waals surface area (Å²) in [6, 6.07) is 2.36. The van der Waals surface area contributed by atoms with Gasteiger partial charge in [0.05, 0.1) is 17.6 Å². The summed E-state index contributed by atoms with van der Waals surface area (Å²) in [5.41, 5.74) is -0.734. The Morgan fingerprint density at radius 2 is 1.97 bits per heavy atom. The molecule has 31 heavy (non-hydrogen) atoms. The number of amides is 1. The Morgan fingerprint density at radius 3 is 2.74 bits per heavy atom. The lowest BCUT2D eigenvalue weighted by Crippen LogP contribution is -2.46. The van der Waals surface area contributed by atoms with Gasteiger partial charge in [0.15, 0.2) is 0 Å². The van der Waals surface area contributed by atoms with E-state index >= 15 is 0 Å². The molecule has 1 amide bonds. The fourth-order valence-corrected chi connectivity index (χ4v) is 4.95. The molecule has 3 saturated heterocycles. The topological polar surface area (TPSA) is 48.9 Å². The van der Waals surface area contributed by atoms with Gasteiger partial charge in [0.1, 0.15) is 5.82 Å². The molecule has 3 fully saturated rings. The zero-order valence-electron chi connectivity index (χ0n) is 17.8. The van der Waals surface area contributed by atoms with Gasteiger partial charge in [-0.1, -0.05) is 0 Å². The predicted octanol–water partition coefficient (Wildman–Crippen LogP) is 3.03. The molecule has 3 aliphatic rings. The summed E-state index contributed by atoms with van der Waals surface area (Å²) in [5, 5.41) is 0. The van der Waals surface area contributed by atoms with E-state index in [0.717, 1.165) is 51.6 Å². The first-order valence-corrected chi connectivity index (χ1v) is 11.3. The Labute approximate surface area is 181 Å². The Balaban J connectivity index is 1.37. The molecule has 4 rings (SSSR count). The second-order valence-electron chi connectivity index (χ2n) is 8.77. The first-order chi connectivity index (χ1) is 14.9. The van der Waals surface area contributed by atoms with E-state index in [-0.39, 0.29) is 24.2 Å². The molecule has 0 spiro atoms. The third kappa shape index (κ3) is 5.49. The number of piperidine rings is 1. The third-order valence-corrected chi connectivity index (χ3v) is 6.55. The summed E-state index contributed by atoms with van der Waals surface area (Å²) in [6.07, 6.45) is 1.75. The van der Waals surface area contributed by atoms with Crippen LogP contribution in [0.4, 0.5) is 19.0 Å². The zero-order chi connectivity index (χ0) is 21.8. The van der Waals surface area contributed by atoms with Gasteiger partial charge in [0, 0.05) is 52.1 Å². The van der Waals surface area contributed by atoms with Crippen molar-refractivity contribution in [3.8, 4) is 0 Å². The van der Waals surface area contributed by atoms with Gasteiger partial charge >= 0.3 is 6.18 Å². The highest BCUT2D eigenvalue weighted by molar-refractivity contribution is 5.80. The number of carbonyl (C=O) groups is 1. The fourth-order valence-electron chi connectivity index (χ4n) is 4.95. The van der Waals surface area contributed by atoms with Crippen LogP contribution in [0, 0.1) is 5.92 Å². The zero-order valence-corrected chi connectivity index (χ0v) is 17.8. The second kappa shape index (κ2) is 9.73. The van der Waals surface area contributed by atoms with E-state index in [4.69, 9.17) is 4.74 Å². The van der Waals surface area contributed by atoms with E-state index in [9.17, 15) is 18.0 Å². The van der Waals surface area contributed by atoms with Crippen molar-refractivity contribution in [1.82, 2.24) is 14.8 Å². The average molecular weight is 441 g/mol. The van der Waals surface area contributed by atoms with Crippen LogP contribution in [0.2, 0.25) is 0 Å². The summed E-state index contributed by atoms with van der Waals surface area (Å²) in [4.78, 5) is 23.2. The molecule has 0 bridgehead atoms. The summed E-state index contributed by atoms with van der Waals surface area (Å²) >= 11 is 0. The van der Waals surface area contributed by atoms with Crippen LogP contribution in [-0.2, 0) is 15.7 Å². The van der Waals surface area contributed by atoms with Crippen molar-refractivity contribution in [3.63, 3.8) is 0 Å². The summed E-state index contributed by atoms with van der Waals surface area (Å²) in [5.74, 6) is -0.291. The molecular formula is C22H31F3N4O2. The molecule has 0 N–H and O–H groups in total. The third-order valence-electron chi connectivity index (χ3n) is 6.55. The lowest BCUT2D eigenvalue weighted by molar-refractivity contribution is -0.137. The number of alkyl halides is 3. The molecule has 6 nitrogen and oxygen atoms in total. The van der Waals surface area contributed by atoms with Crippen LogP contribution in [0.3, 0.4) is 0 Å². The number of aromatic nitrogens is 1. The number of carbonyl (C=O) groups excluding carboxylic acids is 1. The van der Waals surface area contributed by atoms with E-state index in [2.05, 4.69) is 9.88 Å². The second-order valence-corrected chi connectivity index (χ2v) is 8.77. The van der Waals surface area contributed by atoms with Crippen molar-refractivity contribution < 1.29 is 22.7 Å². The minimum atomic E-state index is -4.46. The molecule has 1 aromatic rings. The summed E-state index contributed by atoms with van der Waals surface area (Å²) in [7, 11) is 0. The van der Waals surface area contributed by atoms with Gasteiger partial charge in [0.2, 0.25) is 5.91 Å². The number of ether oxygens (including phenoxy) is 1. The van der Waals surface area contributed by atoms with Crippen LogP contribution < -0.4 is 4.90 Å². The number of anilines is 1. The number of hydrogen-bond acceptors (Lipinski definition) is 5. The van der Waals surface area contributed by atoms with Gasteiger partial charge in [-0.25, -0.2) is 4.98 Å². The van der Waals surface area contributed by atoms with Gasteiger partial charge < -0.3 is 14.5 Å². The molecule has 2 atom stereocenters. The van der Waals surface area contributed by atoms with Crippen molar-refractivity contribution in [3.05, 3.63) is 23.9 Å². The van der Waals surface area contributed by atoms with Gasteiger partial charge in [-0.15, -0.1) is 0 Å². The quantitative estimate of drug-likeness (QED) is 0.721. The van der Waals surface area contributed by atoms with Crippen LogP contribution in [0.15, 0.2) is 18.3 Å². The highest BCUT2D eigenvalue weighted by atomic mass is 19.4. The van der Waals surface area contributed by atoms with Crippen molar-refractivity contribution in [2.75, 3.05) is 57.3 Å². The molecule has 0 aromatic carbocycles. The molecule has 0 unspecified atom stereocenters. The number of hydrogen-bond donors (Lipinski definition) is 0. The van der Waals surface area contributed by atoms with Crippen molar-refractivity contribution in [1.29, 1.82) is 0 Å². The van der Waals surface area contributed by atoms with Gasteiger partial charge in [0.25, 0.3) is 0 Å². The largest absolute Gasteiger partial charge is 0.419 e. The van der Waals surface area contributed by atoms with Crippen LogP contribution >= 0.6 is 0 Å². The van der Waals surface area contributed by atoms with E-state index in [1.165, 1.54) is 12.3 Å². The number of pyridine rings is 1. The molecule has 0 aliphatic carbocycles. The molecule has 9 heteroatoms. The van der Waals surface area contributed by atoms with Gasteiger partial charge in [-0.3, -0.25) is 9.69 Å². The maximum absolute atomic E-state index is 13.4. The molecule has 0 radical (unpaired) electrons. The number of rotatable bonds is 4. The van der Waals surface area contributed by atoms with E-state index < -0.39 is 11.7 Å². The average Bonchev–Trinajstić information content (AvgIpc) is 3.17. The molecule has 172 valence electrons. The fraction of sp³-hybridized carbons (Fsp3) is 0.727. The normalized spacial score (nSPS) is 26.2. The Morgan fingerprint density at radius 1 is 1.10 bits per heavy atom. The first kappa shape index (κ1) is 22.3. The molecule has 4 heterocycles. The van der Waals surface area contributed by atoms with E-state index in [1.807, 2.05) is 4.90 Å². The highest BCUT2D eigenvalue weighted by Gasteiger charge is 2.38. The van der Waals surface area contributed by atoms with Gasteiger partial charge in [-0.05, 0) is 50.8 Å². The van der Waals surface area contributed by atoms with Crippen LogP contribution in [0.25, 0.3) is 0 Å². The molecule has 0 saturated carbocycles. The monoisotopic (exact) mass is 440 g/mol. The van der Waals surface area contributed by atoms with Crippen LogP contribution in [0.5, 0.6) is 0 Å². The first-order valence-electron chi connectivity index (χ1n) is 11.3. The van der Waals surface area contributed by atoms with Gasteiger partial charge in [-0.2, -0.15) is 13.2 Å². The Bertz CT molecular complexity index is 755. The Kier molecular flexibility index (Phi) is 7.01. The molecule has 3 aliphatic heterocycles. The standard InChI is InChI=1S/C22H31F3N4O2/c23-22(24,25)19-7-1-8-26-20(19)29-10-2-5-17(15-29)21(30)28-11-4-9-27(12-13-28)16-18-6-3-14-31-18/h1,7-8,17-18H,2-6,9-16H2/t17-,18+/m1/s1. The maximum Gasteiger partial charge on any atom is 0.419 e. The van der Waals surface area contributed by atoms with Crippen molar-refractivity contribution >= 4 is 11.7 Å². The maximum atomic E-state index is 13.4. The van der Waals surface area contributed by atoms with E-state index in [0.29, 0.717) is 38.6 Å². The number of halogens is 3. The van der Waals surface area contributed by atoms with Crippen molar-refractivity contribution in [2.24, 2.45) is 5.92 Å². The smallest absolute Gasteiger partial charge is 0.377 e. The summed E-state index contributed by atoms with van der Waals surface area (Å²) < 4.78 is 46.0. The lowest BCUT2D eigenvalue weighted by Gasteiger charge is -2.36. The van der Waals surface area contributed by atoms with E-state index in [1.54, 1.807) is 4.90 Å². The van der Waals surface area contributed by atoms with Crippen molar-refractivity contribution in [2.45, 2.75) is 44.4 Å². The molecule has 1 aromatic heterocycles. The number of nitrogens with zero attached hydrogens (tertiary/aromatic N) is 4. The SMILES string of the molecule is O=C([C@@H]1CCCN(c2ncccc2C(F)(F)F)C1)N1CCCN(C[C@@H]2CCCO2)CC1. The summed E-state index contributed by atoms with van der Waals surface area (Å²) in [6.45, 7) is 5.67. The van der Waals surface area contributed by atoms with Crippen LogP contribution in [-0.4, -0.2) is 79.2 Å². The Hall–Kier alpha value is -1.87.